The van der Waals surface area contributed by atoms with Crippen molar-refractivity contribution in [2.45, 2.75) is 13.3 Å². The predicted octanol–water partition coefficient (Wildman–Crippen LogP) is 3.60. The number of alkyl halides is 1. The maximum absolute atomic E-state index is 5.80. The highest BCUT2D eigenvalue weighted by atomic mass is 35.5. The van der Waals surface area contributed by atoms with Crippen LogP contribution in [0.25, 0.3) is 0 Å². The summed E-state index contributed by atoms with van der Waals surface area (Å²) in [6.07, 6.45) is 4.48. The molecule has 0 N–H and O–H groups in total. The van der Waals surface area contributed by atoms with Gasteiger partial charge in [0.15, 0.2) is 0 Å². The van der Waals surface area contributed by atoms with Crippen LogP contribution in [0, 0.1) is 18.8 Å². The van der Waals surface area contributed by atoms with Crippen LogP contribution in [0.2, 0.25) is 0 Å². The standard InChI is InChI=1S/C17H16ClNO/c1-14-12-15(4-2-9-18)6-7-17(14)20-11-8-16-5-3-10-19-13-16/h3,5-7,10,12-13H,8-9,11H2,1H3. The molecule has 1 aromatic heterocycles. The zero-order valence-corrected chi connectivity index (χ0v) is 12.2. The van der Waals surface area contributed by atoms with Crippen LogP contribution in [0.5, 0.6) is 5.75 Å². The monoisotopic (exact) mass is 285 g/mol. The van der Waals surface area contributed by atoms with Gasteiger partial charge < -0.3 is 4.74 Å². The Hall–Kier alpha value is -1.98. The molecule has 20 heavy (non-hydrogen) atoms. The van der Waals surface area contributed by atoms with Gasteiger partial charge in [-0.2, -0.15) is 0 Å². The van der Waals surface area contributed by atoms with Gasteiger partial charge >= 0.3 is 0 Å². The first-order chi connectivity index (χ1) is 9.79. The van der Waals surface area contributed by atoms with E-state index in [4.69, 9.17) is 16.3 Å². The normalized spacial score (nSPS) is 9.70. The summed E-state index contributed by atoms with van der Waals surface area (Å²) in [5, 5.41) is 0. The summed E-state index contributed by atoms with van der Waals surface area (Å²) in [6.45, 7) is 2.66. The Labute approximate surface area is 124 Å². The van der Waals surface area contributed by atoms with Gasteiger partial charge in [-0.15, -0.1) is 11.6 Å². The third kappa shape index (κ3) is 4.29. The van der Waals surface area contributed by atoms with Gasteiger partial charge in [0.1, 0.15) is 5.75 Å². The van der Waals surface area contributed by atoms with E-state index in [1.54, 1.807) is 6.20 Å². The zero-order valence-electron chi connectivity index (χ0n) is 11.4. The minimum Gasteiger partial charge on any atom is -0.493 e. The number of benzene rings is 1. The molecule has 0 spiro atoms. The van der Waals surface area contributed by atoms with E-state index in [1.807, 2.05) is 43.5 Å². The molecule has 3 heteroatoms. The van der Waals surface area contributed by atoms with Gasteiger partial charge in [0, 0.05) is 24.4 Å². The van der Waals surface area contributed by atoms with Crippen LogP contribution in [0.1, 0.15) is 16.7 Å². The molecule has 2 aromatic rings. The van der Waals surface area contributed by atoms with Crippen molar-refractivity contribution in [3.8, 4) is 17.6 Å². The lowest BCUT2D eigenvalue weighted by atomic mass is 10.1. The molecule has 0 aliphatic heterocycles. The Balaban J connectivity index is 1.93. The number of aryl methyl sites for hydroxylation is 1. The summed E-state index contributed by atoms with van der Waals surface area (Å²) in [7, 11) is 0. The Morgan fingerprint density at radius 1 is 1.30 bits per heavy atom. The number of rotatable bonds is 4. The van der Waals surface area contributed by atoms with Gasteiger partial charge in [-0.3, -0.25) is 4.98 Å². The fourth-order valence-corrected chi connectivity index (χ4v) is 1.92. The van der Waals surface area contributed by atoms with Gasteiger partial charge in [-0.1, -0.05) is 17.9 Å². The number of nitrogens with zero attached hydrogens (tertiary/aromatic N) is 1. The molecule has 2 rings (SSSR count). The lowest BCUT2D eigenvalue weighted by Gasteiger charge is -2.09. The average Bonchev–Trinajstić information content (AvgIpc) is 2.48. The Kier molecular flexibility index (Phi) is 5.46. The van der Waals surface area contributed by atoms with E-state index in [0.29, 0.717) is 12.5 Å². The van der Waals surface area contributed by atoms with Crippen molar-refractivity contribution in [1.29, 1.82) is 0 Å². The maximum Gasteiger partial charge on any atom is 0.122 e. The minimum absolute atomic E-state index is 0.350. The van der Waals surface area contributed by atoms with E-state index in [1.165, 1.54) is 5.56 Å². The molecule has 0 aliphatic carbocycles. The molecule has 0 amide bonds. The highest BCUT2D eigenvalue weighted by Gasteiger charge is 2.01. The largest absolute Gasteiger partial charge is 0.493 e. The van der Waals surface area contributed by atoms with Crippen molar-refractivity contribution in [2.75, 3.05) is 12.5 Å². The van der Waals surface area contributed by atoms with Crippen molar-refractivity contribution in [3.63, 3.8) is 0 Å². The summed E-state index contributed by atoms with van der Waals surface area (Å²) in [4.78, 5) is 4.09. The first-order valence-corrected chi connectivity index (χ1v) is 7.00. The van der Waals surface area contributed by atoms with Crippen LogP contribution >= 0.6 is 11.6 Å². The fraction of sp³-hybridized carbons (Fsp3) is 0.235. The molecule has 0 unspecified atom stereocenters. The van der Waals surface area contributed by atoms with E-state index in [9.17, 15) is 0 Å². The van der Waals surface area contributed by atoms with Crippen LogP contribution < -0.4 is 4.74 Å². The Morgan fingerprint density at radius 2 is 2.20 bits per heavy atom. The van der Waals surface area contributed by atoms with Crippen LogP contribution in [-0.2, 0) is 6.42 Å². The molecule has 102 valence electrons. The van der Waals surface area contributed by atoms with Gasteiger partial charge in [-0.05, 0) is 42.3 Å². The molecule has 0 aliphatic rings. The zero-order chi connectivity index (χ0) is 14.2. The molecule has 0 radical (unpaired) electrons. The summed E-state index contributed by atoms with van der Waals surface area (Å²) in [5.74, 6) is 7.09. The van der Waals surface area contributed by atoms with E-state index < -0.39 is 0 Å². The molecule has 0 bridgehead atoms. The topological polar surface area (TPSA) is 22.1 Å². The number of aromatic nitrogens is 1. The summed E-state index contributed by atoms with van der Waals surface area (Å²) in [5.41, 5.74) is 3.22. The molecule has 0 fully saturated rings. The highest BCUT2D eigenvalue weighted by Crippen LogP contribution is 2.19. The van der Waals surface area contributed by atoms with E-state index in [0.717, 1.165) is 23.3 Å². The lowest BCUT2D eigenvalue weighted by Crippen LogP contribution is -2.02. The third-order valence-corrected chi connectivity index (χ3v) is 2.98. The van der Waals surface area contributed by atoms with Gasteiger partial charge in [0.25, 0.3) is 0 Å². The second kappa shape index (κ2) is 7.57. The molecule has 0 saturated heterocycles. The third-order valence-electron chi connectivity index (χ3n) is 2.85. The molecular weight excluding hydrogens is 270 g/mol. The van der Waals surface area contributed by atoms with Crippen molar-refractivity contribution < 1.29 is 4.74 Å². The highest BCUT2D eigenvalue weighted by molar-refractivity contribution is 6.19. The molecular formula is C17H16ClNO. The Bertz CT molecular complexity index is 614. The average molecular weight is 286 g/mol. The van der Waals surface area contributed by atoms with Crippen LogP contribution in [0.4, 0.5) is 0 Å². The van der Waals surface area contributed by atoms with E-state index in [2.05, 4.69) is 16.8 Å². The number of hydrogen-bond acceptors (Lipinski definition) is 2. The van der Waals surface area contributed by atoms with Crippen molar-refractivity contribution in [2.24, 2.45) is 0 Å². The maximum atomic E-state index is 5.80. The second-order valence-corrected chi connectivity index (χ2v) is 4.64. The molecule has 1 aromatic carbocycles. The number of halogens is 1. The van der Waals surface area contributed by atoms with E-state index >= 15 is 0 Å². The second-order valence-electron chi connectivity index (χ2n) is 4.38. The quantitative estimate of drug-likeness (QED) is 0.632. The summed E-state index contributed by atoms with van der Waals surface area (Å²) in [6, 6.07) is 9.90. The summed E-state index contributed by atoms with van der Waals surface area (Å²) < 4.78 is 5.80. The van der Waals surface area contributed by atoms with Gasteiger partial charge in [0.2, 0.25) is 0 Å². The molecule has 0 atom stereocenters. The number of hydrogen-bond donors (Lipinski definition) is 0. The first-order valence-electron chi connectivity index (χ1n) is 6.47. The SMILES string of the molecule is Cc1cc(C#CCCl)ccc1OCCc1cccnc1. The smallest absolute Gasteiger partial charge is 0.122 e. The number of pyridine rings is 1. The van der Waals surface area contributed by atoms with Crippen LogP contribution in [0.15, 0.2) is 42.7 Å². The van der Waals surface area contributed by atoms with Crippen molar-refractivity contribution in [3.05, 3.63) is 59.4 Å². The Morgan fingerprint density at radius 3 is 2.90 bits per heavy atom. The van der Waals surface area contributed by atoms with Gasteiger partial charge in [0.05, 0.1) is 12.5 Å². The lowest BCUT2D eigenvalue weighted by molar-refractivity contribution is 0.319. The van der Waals surface area contributed by atoms with Gasteiger partial charge in [-0.25, -0.2) is 0 Å². The predicted molar refractivity (Wildman–Crippen MR) is 82.2 cm³/mol. The van der Waals surface area contributed by atoms with Crippen LogP contribution in [-0.4, -0.2) is 17.5 Å². The van der Waals surface area contributed by atoms with Crippen molar-refractivity contribution in [1.82, 2.24) is 4.98 Å². The fourth-order valence-electron chi connectivity index (χ4n) is 1.85. The molecule has 1 heterocycles. The minimum atomic E-state index is 0.350. The van der Waals surface area contributed by atoms with Crippen molar-refractivity contribution >= 4 is 11.6 Å². The molecule has 2 nitrogen and oxygen atoms in total. The van der Waals surface area contributed by atoms with Crippen LogP contribution in [0.3, 0.4) is 0 Å². The first kappa shape index (κ1) is 14.4. The summed E-state index contributed by atoms with van der Waals surface area (Å²) >= 11 is 5.55. The molecule has 0 saturated carbocycles. The number of ether oxygens (including phenoxy) is 1. The van der Waals surface area contributed by atoms with E-state index in [-0.39, 0.29) is 0 Å².